The van der Waals surface area contributed by atoms with Gasteiger partial charge in [0.05, 0.1) is 6.54 Å². The van der Waals surface area contributed by atoms with Crippen LogP contribution in [0.2, 0.25) is 0 Å². The molecule has 0 aliphatic heterocycles. The maximum absolute atomic E-state index is 12.2. The second kappa shape index (κ2) is 8.87. The van der Waals surface area contributed by atoms with E-state index in [1.807, 2.05) is 25.1 Å². The van der Waals surface area contributed by atoms with Crippen LogP contribution in [0.5, 0.6) is 0 Å². The summed E-state index contributed by atoms with van der Waals surface area (Å²) in [5.74, 6) is 0.0646. The predicted octanol–water partition coefficient (Wildman–Crippen LogP) is 3.61. The van der Waals surface area contributed by atoms with Gasteiger partial charge in [0, 0.05) is 23.5 Å². The Morgan fingerprint density at radius 1 is 1.04 bits per heavy atom. The maximum atomic E-state index is 12.2. The lowest BCUT2D eigenvalue weighted by Crippen LogP contribution is -2.24. The van der Waals surface area contributed by atoms with Crippen LogP contribution < -0.4 is 16.0 Å². The first-order valence-electron chi connectivity index (χ1n) is 8.52. The molecular weight excluding hydrogens is 314 g/mol. The van der Waals surface area contributed by atoms with Gasteiger partial charge in [-0.15, -0.1) is 0 Å². The first-order chi connectivity index (χ1) is 12.0. The average molecular weight is 339 g/mol. The monoisotopic (exact) mass is 339 g/mol. The first kappa shape index (κ1) is 18.5. The molecule has 25 heavy (non-hydrogen) atoms. The minimum atomic E-state index is -0.161. The topological polar surface area (TPSA) is 70.2 Å². The number of benzene rings is 2. The van der Waals surface area contributed by atoms with Gasteiger partial charge in [-0.25, -0.2) is 0 Å². The Bertz CT molecular complexity index is 741. The van der Waals surface area contributed by atoms with Gasteiger partial charge in [-0.3, -0.25) is 9.59 Å². The van der Waals surface area contributed by atoms with E-state index in [0.29, 0.717) is 23.7 Å². The van der Waals surface area contributed by atoms with Crippen molar-refractivity contribution < 1.29 is 9.59 Å². The highest BCUT2D eigenvalue weighted by Crippen LogP contribution is 2.23. The highest BCUT2D eigenvalue weighted by atomic mass is 16.2. The predicted molar refractivity (Wildman–Crippen MR) is 102 cm³/mol. The van der Waals surface area contributed by atoms with E-state index in [-0.39, 0.29) is 18.4 Å². The number of hydrogen-bond acceptors (Lipinski definition) is 3. The van der Waals surface area contributed by atoms with E-state index < -0.39 is 0 Å². The van der Waals surface area contributed by atoms with Crippen molar-refractivity contribution in [2.45, 2.75) is 26.7 Å². The van der Waals surface area contributed by atoms with E-state index in [1.165, 1.54) is 5.56 Å². The maximum Gasteiger partial charge on any atom is 0.251 e. The lowest BCUT2D eigenvalue weighted by molar-refractivity contribution is -0.114. The molecule has 2 rings (SSSR count). The third kappa shape index (κ3) is 5.35. The van der Waals surface area contributed by atoms with Crippen molar-refractivity contribution in [2.75, 3.05) is 23.7 Å². The molecule has 0 aliphatic carbocycles. The fraction of sp³-hybridized carbons (Fsp3) is 0.300. The molecule has 5 heteroatoms. The number of carbonyl (C=O) groups is 2. The molecule has 2 aromatic carbocycles. The molecule has 0 heterocycles. The zero-order valence-corrected chi connectivity index (χ0v) is 14.9. The summed E-state index contributed by atoms with van der Waals surface area (Å²) in [5, 5.41) is 8.74. The summed E-state index contributed by atoms with van der Waals surface area (Å²) in [6.07, 6.45) is 0. The molecule has 132 valence electrons. The Morgan fingerprint density at radius 2 is 1.80 bits per heavy atom. The van der Waals surface area contributed by atoms with E-state index in [0.717, 1.165) is 5.69 Å². The number of nitrogens with one attached hydrogen (secondary N) is 3. The SMILES string of the molecule is CCNC(=O)c1cccc(NC(=O)CNc2ccccc2C(C)C)c1. The van der Waals surface area contributed by atoms with Gasteiger partial charge in [-0.1, -0.05) is 38.1 Å². The van der Waals surface area contributed by atoms with Crippen molar-refractivity contribution in [1.82, 2.24) is 5.32 Å². The normalized spacial score (nSPS) is 10.4. The van der Waals surface area contributed by atoms with Crippen LogP contribution in [0.25, 0.3) is 0 Å². The van der Waals surface area contributed by atoms with Gasteiger partial charge in [0.15, 0.2) is 0 Å². The van der Waals surface area contributed by atoms with Crippen molar-refractivity contribution in [3.63, 3.8) is 0 Å². The fourth-order valence-electron chi connectivity index (χ4n) is 2.54. The van der Waals surface area contributed by atoms with Gasteiger partial charge >= 0.3 is 0 Å². The van der Waals surface area contributed by atoms with Crippen LogP contribution in [0.4, 0.5) is 11.4 Å². The van der Waals surface area contributed by atoms with Crippen LogP contribution in [-0.4, -0.2) is 24.9 Å². The third-order valence-electron chi connectivity index (χ3n) is 3.77. The smallest absolute Gasteiger partial charge is 0.251 e. The van der Waals surface area contributed by atoms with Crippen molar-refractivity contribution in [3.8, 4) is 0 Å². The summed E-state index contributed by atoms with van der Waals surface area (Å²) in [6.45, 7) is 6.83. The Morgan fingerprint density at radius 3 is 2.52 bits per heavy atom. The average Bonchev–Trinajstić information content (AvgIpc) is 2.60. The molecule has 3 N–H and O–H groups in total. The molecule has 0 saturated heterocycles. The third-order valence-corrected chi connectivity index (χ3v) is 3.77. The summed E-state index contributed by atoms with van der Waals surface area (Å²) in [7, 11) is 0. The lowest BCUT2D eigenvalue weighted by atomic mass is 10.0. The molecule has 5 nitrogen and oxygen atoms in total. The Kier molecular flexibility index (Phi) is 6.57. The van der Waals surface area contributed by atoms with Crippen LogP contribution in [0.1, 0.15) is 42.6 Å². The first-order valence-corrected chi connectivity index (χ1v) is 8.52. The fourth-order valence-corrected chi connectivity index (χ4v) is 2.54. The van der Waals surface area contributed by atoms with Gasteiger partial charge in [0.2, 0.25) is 5.91 Å². The zero-order chi connectivity index (χ0) is 18.2. The van der Waals surface area contributed by atoms with E-state index in [2.05, 4.69) is 35.9 Å². The summed E-state index contributed by atoms with van der Waals surface area (Å²) in [6, 6.07) is 14.9. The molecule has 0 radical (unpaired) electrons. The lowest BCUT2D eigenvalue weighted by Gasteiger charge is -2.14. The standard InChI is InChI=1S/C20H25N3O2/c1-4-21-20(25)15-8-7-9-16(12-15)23-19(24)13-22-18-11-6-5-10-17(18)14(2)3/h5-12,14,22H,4,13H2,1-3H3,(H,21,25)(H,23,24). The van der Waals surface area contributed by atoms with Gasteiger partial charge in [-0.2, -0.15) is 0 Å². The van der Waals surface area contributed by atoms with Gasteiger partial charge < -0.3 is 16.0 Å². The van der Waals surface area contributed by atoms with E-state index in [1.54, 1.807) is 24.3 Å². The molecule has 2 amide bonds. The number of anilines is 2. The van der Waals surface area contributed by atoms with Crippen LogP contribution >= 0.6 is 0 Å². The van der Waals surface area contributed by atoms with Crippen LogP contribution in [-0.2, 0) is 4.79 Å². The molecule has 0 aromatic heterocycles. The number of carbonyl (C=O) groups excluding carboxylic acids is 2. The number of para-hydroxylation sites is 1. The quantitative estimate of drug-likeness (QED) is 0.722. The second-order valence-corrected chi connectivity index (χ2v) is 6.08. The molecule has 0 atom stereocenters. The number of hydrogen-bond donors (Lipinski definition) is 3. The van der Waals surface area contributed by atoms with E-state index in [9.17, 15) is 9.59 Å². The number of rotatable bonds is 7. The van der Waals surface area contributed by atoms with Crippen LogP contribution in [0.15, 0.2) is 48.5 Å². The summed E-state index contributed by atoms with van der Waals surface area (Å²) < 4.78 is 0. The highest BCUT2D eigenvalue weighted by Gasteiger charge is 2.09. The van der Waals surface area contributed by atoms with Gasteiger partial charge in [0.1, 0.15) is 0 Å². The van der Waals surface area contributed by atoms with E-state index in [4.69, 9.17) is 0 Å². The Labute approximate surface area is 148 Å². The van der Waals surface area contributed by atoms with Crippen molar-refractivity contribution >= 4 is 23.2 Å². The van der Waals surface area contributed by atoms with Crippen LogP contribution in [0, 0.1) is 0 Å². The Balaban J connectivity index is 1.97. The highest BCUT2D eigenvalue weighted by molar-refractivity contribution is 5.98. The molecule has 0 unspecified atom stereocenters. The minimum Gasteiger partial charge on any atom is -0.376 e. The van der Waals surface area contributed by atoms with E-state index >= 15 is 0 Å². The molecule has 0 spiro atoms. The molecule has 2 aromatic rings. The molecule has 0 fully saturated rings. The van der Waals surface area contributed by atoms with Crippen molar-refractivity contribution in [2.24, 2.45) is 0 Å². The Hall–Kier alpha value is -2.82. The van der Waals surface area contributed by atoms with Gasteiger partial charge in [0.25, 0.3) is 5.91 Å². The summed E-state index contributed by atoms with van der Waals surface area (Å²) in [4.78, 5) is 24.1. The second-order valence-electron chi connectivity index (χ2n) is 6.08. The minimum absolute atomic E-state index is 0.150. The molecular formula is C20H25N3O2. The van der Waals surface area contributed by atoms with Crippen molar-refractivity contribution in [1.29, 1.82) is 0 Å². The molecule has 0 bridgehead atoms. The largest absolute Gasteiger partial charge is 0.376 e. The molecule has 0 aliphatic rings. The summed E-state index contributed by atoms with van der Waals surface area (Å²) >= 11 is 0. The van der Waals surface area contributed by atoms with Crippen LogP contribution in [0.3, 0.4) is 0 Å². The van der Waals surface area contributed by atoms with Gasteiger partial charge in [-0.05, 0) is 42.7 Å². The summed E-state index contributed by atoms with van der Waals surface area (Å²) in [5.41, 5.74) is 3.27. The number of amides is 2. The molecule has 0 saturated carbocycles. The zero-order valence-electron chi connectivity index (χ0n) is 14.9. The van der Waals surface area contributed by atoms with Crippen molar-refractivity contribution in [3.05, 3.63) is 59.7 Å².